The van der Waals surface area contributed by atoms with Crippen LogP contribution in [-0.4, -0.2) is 11.2 Å². The van der Waals surface area contributed by atoms with Gasteiger partial charge in [0.1, 0.15) is 17.5 Å². The number of rotatable bonds is 6. The zero-order chi connectivity index (χ0) is 23.7. The summed E-state index contributed by atoms with van der Waals surface area (Å²) in [5.74, 6) is 3.15. The molecular formula is C28H31ClN2O3. The molecule has 3 aromatic rings. The maximum atomic E-state index is 12.6. The third kappa shape index (κ3) is 5.00. The van der Waals surface area contributed by atoms with E-state index in [1.807, 2.05) is 18.2 Å². The molecule has 0 aliphatic heterocycles. The van der Waals surface area contributed by atoms with Gasteiger partial charge < -0.3 is 9.26 Å². The average Bonchev–Trinajstić information content (AvgIpc) is 3.64. The van der Waals surface area contributed by atoms with Crippen LogP contribution < -0.4 is 5.32 Å². The summed E-state index contributed by atoms with van der Waals surface area (Å²) in [6.07, 6.45) is 7.11. The van der Waals surface area contributed by atoms with Crippen molar-refractivity contribution in [2.45, 2.75) is 64.4 Å². The first-order chi connectivity index (χ1) is 16.5. The van der Waals surface area contributed by atoms with Crippen LogP contribution in [0.5, 0.6) is 0 Å². The van der Waals surface area contributed by atoms with Crippen molar-refractivity contribution in [1.82, 2.24) is 5.16 Å². The van der Waals surface area contributed by atoms with Gasteiger partial charge in [-0.25, -0.2) is 4.79 Å². The molecule has 0 spiro atoms. The molecule has 1 heterocycles. The molecule has 2 aliphatic carbocycles. The lowest BCUT2D eigenvalue weighted by Crippen LogP contribution is -2.17. The lowest BCUT2D eigenvalue weighted by Gasteiger charge is -2.28. The summed E-state index contributed by atoms with van der Waals surface area (Å²) in [5, 5.41) is 7.45. The van der Waals surface area contributed by atoms with Crippen molar-refractivity contribution < 1.29 is 14.1 Å². The van der Waals surface area contributed by atoms with Gasteiger partial charge in [-0.15, -0.1) is 0 Å². The smallest absolute Gasteiger partial charge is 0.412 e. The number of carbonyl (C=O) groups is 1. The lowest BCUT2D eigenvalue weighted by molar-refractivity contribution is 0.121. The molecule has 2 aliphatic rings. The van der Waals surface area contributed by atoms with Crippen LogP contribution in [-0.2, 0) is 4.74 Å². The summed E-state index contributed by atoms with van der Waals surface area (Å²) in [6, 6.07) is 15.8. The molecule has 2 fully saturated rings. The van der Waals surface area contributed by atoms with E-state index >= 15 is 0 Å². The second-order valence-corrected chi connectivity index (χ2v) is 10.1. The number of benzene rings is 2. The first kappa shape index (κ1) is 23.0. The number of ether oxygens (including phenoxy) is 1. The number of anilines is 1. The Bertz CT molecular complexity index is 1140. The van der Waals surface area contributed by atoms with E-state index in [1.54, 1.807) is 19.9 Å². The van der Waals surface area contributed by atoms with Crippen molar-refractivity contribution in [1.29, 1.82) is 0 Å². The van der Waals surface area contributed by atoms with Crippen LogP contribution >= 0.6 is 11.6 Å². The van der Waals surface area contributed by atoms with E-state index in [0.29, 0.717) is 28.1 Å². The van der Waals surface area contributed by atoms with Crippen molar-refractivity contribution in [2.75, 3.05) is 5.32 Å². The molecule has 5 rings (SSSR count). The maximum Gasteiger partial charge on any atom is 0.412 e. The minimum absolute atomic E-state index is 0.494. The number of nitrogens with one attached hydrogen (secondary N) is 1. The van der Waals surface area contributed by atoms with Gasteiger partial charge in [0.2, 0.25) is 0 Å². The molecule has 6 heteroatoms. The van der Waals surface area contributed by atoms with Crippen LogP contribution in [0.3, 0.4) is 0 Å². The molecule has 1 atom stereocenters. The first-order valence-corrected chi connectivity index (χ1v) is 12.7. The largest absolute Gasteiger partial charge is 0.441 e. The zero-order valence-electron chi connectivity index (χ0n) is 19.7. The molecule has 0 radical (unpaired) electrons. The second-order valence-electron chi connectivity index (χ2n) is 9.74. The number of nitrogens with zero attached hydrogens (tertiary/aromatic N) is 1. The van der Waals surface area contributed by atoms with Crippen LogP contribution in [0.15, 0.2) is 53.1 Å². The SMILES string of the molecule is Cc1noc(-c2ccc(C3CCC(C4CC4)CC3)cc2)c1NC(=O)OC(C)c1ccccc1Cl. The standard InChI is InChI=1S/C28H31ClN2O3/c1-17-26(30-28(32)33-18(2)24-5-3-4-6-25(24)29)27(34-31-17)23-15-13-22(14-16-23)21-11-9-20(10-12-21)19-7-8-19/h3-6,13-16,18-21H,7-12H2,1-2H3,(H,30,32). The molecule has 1 N–H and O–H groups in total. The van der Waals surface area contributed by atoms with Gasteiger partial charge in [0.05, 0.1) is 0 Å². The van der Waals surface area contributed by atoms with Gasteiger partial charge in [-0.3, -0.25) is 5.32 Å². The highest BCUT2D eigenvalue weighted by Gasteiger charge is 2.34. The Morgan fingerprint density at radius 3 is 2.32 bits per heavy atom. The Morgan fingerprint density at radius 1 is 1.03 bits per heavy atom. The topological polar surface area (TPSA) is 64.4 Å². The van der Waals surface area contributed by atoms with Crippen LogP contribution in [0.25, 0.3) is 11.3 Å². The van der Waals surface area contributed by atoms with Gasteiger partial charge in [0.15, 0.2) is 5.76 Å². The maximum absolute atomic E-state index is 12.6. The van der Waals surface area contributed by atoms with E-state index < -0.39 is 12.2 Å². The van der Waals surface area contributed by atoms with Crippen LogP contribution in [0.2, 0.25) is 5.02 Å². The third-order valence-corrected chi connectivity index (χ3v) is 7.77. The van der Waals surface area contributed by atoms with Gasteiger partial charge in [0.25, 0.3) is 0 Å². The van der Waals surface area contributed by atoms with Crippen LogP contribution in [0.1, 0.15) is 74.3 Å². The number of halogens is 1. The fourth-order valence-corrected chi connectivity index (χ4v) is 5.56. The molecule has 0 saturated heterocycles. The number of hydrogen-bond donors (Lipinski definition) is 1. The van der Waals surface area contributed by atoms with E-state index in [-0.39, 0.29) is 0 Å². The average molecular weight is 479 g/mol. The van der Waals surface area contributed by atoms with Crippen molar-refractivity contribution in [3.05, 3.63) is 70.4 Å². The summed E-state index contributed by atoms with van der Waals surface area (Å²) >= 11 is 6.23. The molecule has 2 aromatic carbocycles. The Hall–Kier alpha value is -2.79. The quantitative estimate of drug-likeness (QED) is 0.387. The lowest BCUT2D eigenvalue weighted by atomic mass is 9.77. The fraction of sp³-hybridized carbons (Fsp3) is 0.429. The number of aromatic nitrogens is 1. The van der Waals surface area contributed by atoms with Gasteiger partial charge in [-0.05, 0) is 81.8 Å². The summed E-state index contributed by atoms with van der Waals surface area (Å²) in [7, 11) is 0. The molecule has 1 unspecified atom stereocenters. The summed E-state index contributed by atoms with van der Waals surface area (Å²) in [5.41, 5.74) is 4.14. The molecular weight excluding hydrogens is 448 g/mol. The summed E-state index contributed by atoms with van der Waals surface area (Å²) < 4.78 is 11.1. The molecule has 1 amide bonds. The van der Waals surface area contributed by atoms with Crippen LogP contribution in [0.4, 0.5) is 10.5 Å². The third-order valence-electron chi connectivity index (χ3n) is 7.42. The fourth-order valence-electron chi connectivity index (χ4n) is 5.27. The highest BCUT2D eigenvalue weighted by atomic mass is 35.5. The van der Waals surface area contributed by atoms with E-state index in [1.165, 1.54) is 44.1 Å². The van der Waals surface area contributed by atoms with Crippen molar-refractivity contribution >= 4 is 23.4 Å². The van der Waals surface area contributed by atoms with Gasteiger partial charge in [0, 0.05) is 16.1 Å². The predicted octanol–water partition coefficient (Wildman–Crippen LogP) is 8.30. The van der Waals surface area contributed by atoms with E-state index in [2.05, 4.69) is 34.7 Å². The molecule has 2 saturated carbocycles. The zero-order valence-corrected chi connectivity index (χ0v) is 20.5. The van der Waals surface area contributed by atoms with Crippen molar-refractivity contribution in [3.8, 4) is 11.3 Å². The van der Waals surface area contributed by atoms with Crippen molar-refractivity contribution in [3.63, 3.8) is 0 Å². The molecule has 178 valence electrons. The highest BCUT2D eigenvalue weighted by molar-refractivity contribution is 6.31. The number of hydrogen-bond acceptors (Lipinski definition) is 4. The molecule has 1 aromatic heterocycles. The summed E-state index contributed by atoms with van der Waals surface area (Å²) in [6.45, 7) is 3.59. The van der Waals surface area contributed by atoms with Crippen LogP contribution in [0, 0.1) is 18.8 Å². The van der Waals surface area contributed by atoms with Gasteiger partial charge in [-0.1, -0.05) is 59.2 Å². The monoisotopic (exact) mass is 478 g/mol. The molecule has 0 bridgehead atoms. The minimum Gasteiger partial charge on any atom is -0.441 e. The van der Waals surface area contributed by atoms with Crippen molar-refractivity contribution in [2.24, 2.45) is 11.8 Å². The Labute approximate surface area is 205 Å². The first-order valence-electron chi connectivity index (χ1n) is 12.3. The van der Waals surface area contributed by atoms with E-state index in [9.17, 15) is 4.79 Å². The van der Waals surface area contributed by atoms with Gasteiger partial charge in [-0.2, -0.15) is 0 Å². The Morgan fingerprint density at radius 2 is 1.68 bits per heavy atom. The number of amides is 1. The minimum atomic E-state index is -0.580. The molecule has 34 heavy (non-hydrogen) atoms. The van der Waals surface area contributed by atoms with E-state index in [4.69, 9.17) is 20.9 Å². The normalized spacial score (nSPS) is 21.1. The number of aryl methyl sites for hydroxylation is 1. The summed E-state index contributed by atoms with van der Waals surface area (Å²) in [4.78, 5) is 12.6. The predicted molar refractivity (Wildman–Crippen MR) is 134 cm³/mol. The highest BCUT2D eigenvalue weighted by Crippen LogP contribution is 2.47. The molecule has 5 nitrogen and oxygen atoms in total. The van der Waals surface area contributed by atoms with E-state index in [0.717, 1.165) is 23.0 Å². The Kier molecular flexibility index (Phi) is 6.64. The van der Waals surface area contributed by atoms with Gasteiger partial charge >= 0.3 is 6.09 Å². The number of carbonyl (C=O) groups excluding carboxylic acids is 1. The second kappa shape index (κ2) is 9.83. The Balaban J connectivity index is 1.25.